The van der Waals surface area contributed by atoms with E-state index in [1.165, 1.54) is 17.4 Å². The number of nitrogens with one attached hydrogen (secondary N) is 1. The standard InChI is InChI=1S/C19H17N3O3S2/c1-3-25-18(24)17-16(13-7-5-4-6-8-13)22-19(27-17)21-15(23)10-9-14-11-26-12(2)20-14/h4-11H,3H2,1-2H3,(H,21,22,23)/b10-9+. The molecule has 0 saturated carbocycles. The van der Waals surface area contributed by atoms with Crippen LogP contribution in [0.2, 0.25) is 0 Å². The summed E-state index contributed by atoms with van der Waals surface area (Å²) in [4.78, 5) is 33.5. The molecular formula is C19H17N3O3S2. The van der Waals surface area contributed by atoms with Gasteiger partial charge in [0.1, 0.15) is 4.88 Å². The molecule has 0 aliphatic rings. The summed E-state index contributed by atoms with van der Waals surface area (Å²) in [6.07, 6.45) is 3.03. The van der Waals surface area contributed by atoms with E-state index < -0.39 is 5.97 Å². The van der Waals surface area contributed by atoms with E-state index in [4.69, 9.17) is 4.74 Å². The van der Waals surface area contributed by atoms with Gasteiger partial charge in [0.25, 0.3) is 0 Å². The van der Waals surface area contributed by atoms with Crippen LogP contribution in [0.1, 0.15) is 27.3 Å². The fourth-order valence-corrected chi connectivity index (χ4v) is 3.73. The number of carbonyl (C=O) groups excluding carboxylic acids is 2. The average molecular weight is 399 g/mol. The van der Waals surface area contributed by atoms with E-state index in [1.54, 1.807) is 13.0 Å². The van der Waals surface area contributed by atoms with E-state index in [1.807, 2.05) is 42.6 Å². The second-order valence-corrected chi connectivity index (χ2v) is 7.46. The first-order chi connectivity index (χ1) is 13.1. The second-order valence-electron chi connectivity index (χ2n) is 5.40. The molecule has 3 aromatic rings. The lowest BCUT2D eigenvalue weighted by atomic mass is 10.1. The highest BCUT2D eigenvalue weighted by Gasteiger charge is 2.21. The molecule has 1 amide bonds. The van der Waals surface area contributed by atoms with Gasteiger partial charge in [0.2, 0.25) is 5.91 Å². The van der Waals surface area contributed by atoms with Crippen LogP contribution in [0.25, 0.3) is 17.3 Å². The summed E-state index contributed by atoms with van der Waals surface area (Å²) in [7, 11) is 0. The van der Waals surface area contributed by atoms with Crippen molar-refractivity contribution in [2.24, 2.45) is 0 Å². The van der Waals surface area contributed by atoms with Gasteiger partial charge in [-0.3, -0.25) is 10.1 Å². The number of ether oxygens (including phenoxy) is 1. The molecule has 0 aliphatic carbocycles. The highest BCUT2D eigenvalue weighted by atomic mass is 32.1. The van der Waals surface area contributed by atoms with Gasteiger partial charge in [-0.05, 0) is 19.9 Å². The minimum atomic E-state index is -0.456. The third-order valence-electron chi connectivity index (χ3n) is 3.41. The van der Waals surface area contributed by atoms with Crippen LogP contribution in [-0.2, 0) is 9.53 Å². The summed E-state index contributed by atoms with van der Waals surface area (Å²) in [6, 6.07) is 9.32. The Hall–Kier alpha value is -2.84. The fraction of sp³-hybridized carbons (Fsp3) is 0.158. The van der Waals surface area contributed by atoms with Crippen molar-refractivity contribution in [1.82, 2.24) is 9.97 Å². The first-order valence-corrected chi connectivity index (χ1v) is 9.91. The quantitative estimate of drug-likeness (QED) is 0.491. The molecule has 1 aromatic carbocycles. The highest BCUT2D eigenvalue weighted by molar-refractivity contribution is 7.18. The maximum atomic E-state index is 12.3. The summed E-state index contributed by atoms with van der Waals surface area (Å²) < 4.78 is 5.11. The maximum Gasteiger partial charge on any atom is 0.350 e. The summed E-state index contributed by atoms with van der Waals surface area (Å²) in [5.41, 5.74) is 2.00. The van der Waals surface area contributed by atoms with Crippen LogP contribution < -0.4 is 5.32 Å². The summed E-state index contributed by atoms with van der Waals surface area (Å²) >= 11 is 2.61. The molecule has 0 bridgehead atoms. The van der Waals surface area contributed by atoms with Crippen molar-refractivity contribution >= 4 is 45.8 Å². The lowest BCUT2D eigenvalue weighted by molar-refractivity contribution is -0.111. The molecule has 0 unspecified atom stereocenters. The van der Waals surface area contributed by atoms with Gasteiger partial charge >= 0.3 is 5.97 Å². The SMILES string of the molecule is CCOC(=O)c1sc(NC(=O)/C=C/c2csc(C)n2)nc1-c1ccccc1. The molecule has 2 aromatic heterocycles. The van der Waals surface area contributed by atoms with Gasteiger partial charge in [-0.2, -0.15) is 0 Å². The third-order valence-corrected chi connectivity index (χ3v) is 5.15. The molecule has 0 atom stereocenters. The number of hydrogen-bond donors (Lipinski definition) is 1. The van der Waals surface area contributed by atoms with Crippen molar-refractivity contribution in [3.05, 3.63) is 57.4 Å². The van der Waals surface area contributed by atoms with Crippen molar-refractivity contribution in [2.75, 3.05) is 11.9 Å². The Labute approximate surface area is 164 Å². The minimum absolute atomic E-state index is 0.266. The Balaban J connectivity index is 1.82. The molecule has 8 heteroatoms. The zero-order valence-corrected chi connectivity index (χ0v) is 16.4. The van der Waals surface area contributed by atoms with Crippen molar-refractivity contribution in [3.63, 3.8) is 0 Å². The van der Waals surface area contributed by atoms with Crippen molar-refractivity contribution in [3.8, 4) is 11.3 Å². The number of thiazole rings is 2. The monoisotopic (exact) mass is 399 g/mol. The number of carbonyl (C=O) groups is 2. The lowest BCUT2D eigenvalue weighted by Crippen LogP contribution is -2.07. The lowest BCUT2D eigenvalue weighted by Gasteiger charge is -2.01. The number of benzene rings is 1. The molecule has 138 valence electrons. The van der Waals surface area contributed by atoms with Gasteiger partial charge in [0, 0.05) is 17.0 Å². The number of aromatic nitrogens is 2. The van der Waals surface area contributed by atoms with Crippen LogP contribution >= 0.6 is 22.7 Å². The molecule has 2 heterocycles. The summed E-state index contributed by atoms with van der Waals surface area (Å²) in [6.45, 7) is 3.91. The second kappa shape index (κ2) is 8.70. The van der Waals surface area contributed by atoms with Gasteiger partial charge < -0.3 is 4.74 Å². The van der Waals surface area contributed by atoms with Gasteiger partial charge in [-0.25, -0.2) is 14.8 Å². The molecule has 27 heavy (non-hydrogen) atoms. The maximum absolute atomic E-state index is 12.3. The molecule has 0 aliphatic heterocycles. The van der Waals surface area contributed by atoms with E-state index in [-0.39, 0.29) is 12.5 Å². The zero-order valence-electron chi connectivity index (χ0n) is 14.8. The Morgan fingerprint density at radius 1 is 1.22 bits per heavy atom. The smallest absolute Gasteiger partial charge is 0.350 e. The summed E-state index contributed by atoms with van der Waals surface area (Å²) in [5, 5.41) is 5.83. The number of aryl methyl sites for hydroxylation is 1. The van der Waals surface area contributed by atoms with Crippen molar-refractivity contribution in [2.45, 2.75) is 13.8 Å². The first-order valence-electron chi connectivity index (χ1n) is 8.21. The Morgan fingerprint density at radius 2 is 2.00 bits per heavy atom. The molecule has 1 N–H and O–H groups in total. The van der Waals surface area contributed by atoms with E-state index >= 15 is 0 Å². The van der Waals surface area contributed by atoms with E-state index in [9.17, 15) is 9.59 Å². The fourth-order valence-electron chi connectivity index (χ4n) is 2.27. The van der Waals surface area contributed by atoms with E-state index in [0.29, 0.717) is 15.7 Å². The Morgan fingerprint density at radius 3 is 2.67 bits per heavy atom. The average Bonchev–Trinajstić information content (AvgIpc) is 3.27. The van der Waals surface area contributed by atoms with E-state index in [0.717, 1.165) is 27.6 Å². The summed E-state index contributed by atoms with van der Waals surface area (Å²) in [5.74, 6) is -0.799. The number of amides is 1. The number of rotatable bonds is 6. The van der Waals surface area contributed by atoms with Gasteiger partial charge in [-0.15, -0.1) is 11.3 Å². The third kappa shape index (κ3) is 4.87. The Bertz CT molecular complexity index is 977. The van der Waals surface area contributed by atoms with Crippen molar-refractivity contribution in [1.29, 1.82) is 0 Å². The molecule has 3 rings (SSSR count). The predicted octanol–water partition coefficient (Wildman–Crippen LogP) is 4.40. The van der Waals surface area contributed by atoms with Crippen LogP contribution in [0.3, 0.4) is 0 Å². The van der Waals surface area contributed by atoms with Gasteiger partial charge in [0.15, 0.2) is 5.13 Å². The van der Waals surface area contributed by atoms with Crippen molar-refractivity contribution < 1.29 is 14.3 Å². The predicted molar refractivity (Wildman–Crippen MR) is 108 cm³/mol. The number of hydrogen-bond acceptors (Lipinski definition) is 7. The number of nitrogens with zero attached hydrogens (tertiary/aromatic N) is 2. The largest absolute Gasteiger partial charge is 0.462 e. The van der Waals surface area contributed by atoms with E-state index in [2.05, 4.69) is 15.3 Å². The van der Waals surface area contributed by atoms with Crippen LogP contribution in [0.15, 0.2) is 41.8 Å². The van der Waals surface area contributed by atoms with Gasteiger partial charge in [0.05, 0.1) is 23.0 Å². The van der Waals surface area contributed by atoms with Crippen LogP contribution in [0.5, 0.6) is 0 Å². The molecule has 0 spiro atoms. The molecule has 6 nitrogen and oxygen atoms in total. The zero-order chi connectivity index (χ0) is 19.2. The van der Waals surface area contributed by atoms with Crippen LogP contribution in [0, 0.1) is 6.92 Å². The van der Waals surface area contributed by atoms with Crippen LogP contribution in [0.4, 0.5) is 5.13 Å². The number of anilines is 1. The minimum Gasteiger partial charge on any atom is -0.462 e. The number of esters is 1. The molecule has 0 saturated heterocycles. The molecule has 0 radical (unpaired) electrons. The highest BCUT2D eigenvalue weighted by Crippen LogP contribution is 2.31. The molecular weight excluding hydrogens is 382 g/mol. The van der Waals surface area contributed by atoms with Gasteiger partial charge in [-0.1, -0.05) is 41.7 Å². The molecule has 0 fully saturated rings. The normalized spacial score (nSPS) is 10.9. The Kier molecular flexibility index (Phi) is 6.10. The topological polar surface area (TPSA) is 81.2 Å². The first kappa shape index (κ1) is 18.9. The van der Waals surface area contributed by atoms with Crippen LogP contribution in [-0.4, -0.2) is 28.5 Å².